The van der Waals surface area contributed by atoms with Crippen molar-refractivity contribution in [1.82, 2.24) is 10.6 Å². The Labute approximate surface area is 178 Å². The Morgan fingerprint density at radius 2 is 2.04 bits per heavy atom. The number of halogens is 2. The number of aryl methyl sites for hydroxylation is 1. The minimum atomic E-state index is -0.0922. The summed E-state index contributed by atoms with van der Waals surface area (Å²) in [6, 6.07) is 5.55. The first-order chi connectivity index (χ1) is 12.1. The van der Waals surface area contributed by atoms with Crippen molar-refractivity contribution in [3.63, 3.8) is 0 Å². The standard InChI is InChI=1S/C18H29ClN4O2.HI/c1-4-20-18(21-10-6-12-25-5-2)22-11-9-17(24)23-16-8-7-14(3)13-15(16)19;/h7-8,13H,4-6,9-12H2,1-3H3,(H,23,24)(H2,20,21,22);1H. The molecule has 0 bridgehead atoms. The molecule has 0 saturated carbocycles. The average molecular weight is 497 g/mol. The minimum Gasteiger partial charge on any atom is -0.382 e. The van der Waals surface area contributed by atoms with Crippen LogP contribution in [0.2, 0.25) is 5.02 Å². The van der Waals surface area contributed by atoms with E-state index in [1.54, 1.807) is 0 Å². The van der Waals surface area contributed by atoms with E-state index >= 15 is 0 Å². The summed E-state index contributed by atoms with van der Waals surface area (Å²) in [6.07, 6.45) is 1.20. The Bertz CT molecular complexity index is 570. The first-order valence-corrected chi connectivity index (χ1v) is 9.10. The van der Waals surface area contributed by atoms with Crippen molar-refractivity contribution in [3.8, 4) is 0 Å². The minimum absolute atomic E-state index is 0. The Kier molecular flexibility index (Phi) is 14.4. The smallest absolute Gasteiger partial charge is 0.226 e. The van der Waals surface area contributed by atoms with Crippen molar-refractivity contribution in [2.75, 3.05) is 38.2 Å². The third-order valence-corrected chi connectivity index (χ3v) is 3.62. The maximum absolute atomic E-state index is 12.0. The van der Waals surface area contributed by atoms with Crippen LogP contribution in [0.4, 0.5) is 5.69 Å². The van der Waals surface area contributed by atoms with Crippen molar-refractivity contribution < 1.29 is 9.53 Å². The van der Waals surface area contributed by atoms with Crippen LogP contribution in [0.25, 0.3) is 0 Å². The van der Waals surface area contributed by atoms with Crippen molar-refractivity contribution >= 4 is 53.1 Å². The zero-order valence-corrected chi connectivity index (χ0v) is 18.8. The Hall–Kier alpha value is -1.06. The summed E-state index contributed by atoms with van der Waals surface area (Å²) in [5.41, 5.74) is 1.69. The van der Waals surface area contributed by atoms with Crippen LogP contribution in [-0.4, -0.2) is 44.7 Å². The van der Waals surface area contributed by atoms with Gasteiger partial charge in [-0.05, 0) is 44.9 Å². The average Bonchev–Trinajstić information content (AvgIpc) is 2.57. The number of carbonyl (C=O) groups is 1. The van der Waals surface area contributed by atoms with Gasteiger partial charge in [0, 0.05) is 39.3 Å². The van der Waals surface area contributed by atoms with Crippen LogP contribution in [0.3, 0.4) is 0 Å². The fourth-order valence-electron chi connectivity index (χ4n) is 2.07. The lowest BCUT2D eigenvalue weighted by Gasteiger charge is -2.12. The lowest BCUT2D eigenvalue weighted by atomic mass is 10.2. The molecule has 1 rings (SSSR count). The van der Waals surface area contributed by atoms with Crippen LogP contribution >= 0.6 is 35.6 Å². The number of rotatable bonds is 10. The summed E-state index contributed by atoms with van der Waals surface area (Å²) in [4.78, 5) is 16.5. The van der Waals surface area contributed by atoms with Gasteiger partial charge >= 0.3 is 0 Å². The second-order valence-corrected chi connectivity index (χ2v) is 5.93. The topological polar surface area (TPSA) is 74.8 Å². The van der Waals surface area contributed by atoms with E-state index in [1.807, 2.05) is 39.0 Å². The van der Waals surface area contributed by atoms with Crippen molar-refractivity contribution in [1.29, 1.82) is 0 Å². The molecule has 3 N–H and O–H groups in total. The van der Waals surface area contributed by atoms with Gasteiger partial charge in [0.05, 0.1) is 10.7 Å². The van der Waals surface area contributed by atoms with Gasteiger partial charge in [-0.15, -0.1) is 24.0 Å². The fraction of sp³-hybridized carbons (Fsp3) is 0.556. The summed E-state index contributed by atoms with van der Waals surface area (Å²) < 4.78 is 5.29. The molecule has 0 atom stereocenters. The van der Waals surface area contributed by atoms with Crippen LogP contribution in [-0.2, 0) is 9.53 Å². The van der Waals surface area contributed by atoms with Gasteiger partial charge in [-0.25, -0.2) is 0 Å². The van der Waals surface area contributed by atoms with Crippen molar-refractivity contribution in [2.45, 2.75) is 33.6 Å². The summed E-state index contributed by atoms with van der Waals surface area (Å²) >= 11 is 6.12. The number of amides is 1. The SMILES string of the molecule is CCNC(=NCCCOCC)NCCC(=O)Nc1ccc(C)cc1Cl.I. The zero-order chi connectivity index (χ0) is 18.5. The number of ether oxygens (including phenoxy) is 1. The molecule has 0 aliphatic carbocycles. The highest BCUT2D eigenvalue weighted by atomic mass is 127. The van der Waals surface area contributed by atoms with E-state index in [0.717, 1.165) is 25.1 Å². The number of carbonyl (C=O) groups excluding carboxylic acids is 1. The molecule has 0 heterocycles. The second kappa shape index (κ2) is 15.0. The maximum Gasteiger partial charge on any atom is 0.226 e. The Morgan fingerprint density at radius 3 is 2.69 bits per heavy atom. The number of hydrogen-bond acceptors (Lipinski definition) is 3. The van der Waals surface area contributed by atoms with Gasteiger partial charge in [0.1, 0.15) is 0 Å². The number of nitrogens with zero attached hydrogens (tertiary/aromatic N) is 1. The number of aliphatic imine (C=N–C) groups is 1. The molecular weight excluding hydrogens is 467 g/mol. The molecule has 1 aromatic carbocycles. The number of anilines is 1. The largest absolute Gasteiger partial charge is 0.382 e. The number of benzene rings is 1. The summed E-state index contributed by atoms with van der Waals surface area (Å²) in [7, 11) is 0. The van der Waals surface area contributed by atoms with Crippen LogP contribution in [0.1, 0.15) is 32.3 Å². The summed E-state index contributed by atoms with van der Waals surface area (Å²) in [5, 5.41) is 9.68. The molecule has 0 fully saturated rings. The quantitative estimate of drug-likeness (QED) is 0.200. The molecule has 0 aromatic heterocycles. The molecule has 0 aliphatic heterocycles. The third-order valence-electron chi connectivity index (χ3n) is 3.31. The van der Waals surface area contributed by atoms with Gasteiger partial charge in [0.25, 0.3) is 0 Å². The predicted molar refractivity (Wildman–Crippen MR) is 120 cm³/mol. The highest BCUT2D eigenvalue weighted by Gasteiger charge is 2.06. The van der Waals surface area contributed by atoms with Gasteiger partial charge in [0.2, 0.25) is 5.91 Å². The highest BCUT2D eigenvalue weighted by molar-refractivity contribution is 14.0. The van der Waals surface area contributed by atoms with Crippen LogP contribution in [0, 0.1) is 6.92 Å². The molecule has 6 nitrogen and oxygen atoms in total. The molecule has 1 aromatic rings. The maximum atomic E-state index is 12.0. The van der Waals surface area contributed by atoms with E-state index in [-0.39, 0.29) is 29.9 Å². The summed E-state index contributed by atoms with van der Waals surface area (Å²) in [6.45, 7) is 9.31. The number of guanidine groups is 1. The highest BCUT2D eigenvalue weighted by Crippen LogP contribution is 2.22. The lowest BCUT2D eigenvalue weighted by molar-refractivity contribution is -0.116. The Morgan fingerprint density at radius 1 is 1.27 bits per heavy atom. The van der Waals surface area contributed by atoms with E-state index in [1.165, 1.54) is 0 Å². The predicted octanol–water partition coefficient (Wildman–Crippen LogP) is 3.58. The van der Waals surface area contributed by atoms with E-state index in [0.29, 0.717) is 42.8 Å². The molecule has 1 amide bonds. The fourth-order valence-corrected chi connectivity index (χ4v) is 2.35. The van der Waals surface area contributed by atoms with Gasteiger partial charge in [0.15, 0.2) is 5.96 Å². The van der Waals surface area contributed by atoms with Gasteiger partial charge in [-0.2, -0.15) is 0 Å². The number of nitrogens with one attached hydrogen (secondary N) is 3. The first-order valence-electron chi connectivity index (χ1n) is 8.72. The molecule has 0 radical (unpaired) electrons. The van der Waals surface area contributed by atoms with Crippen LogP contribution < -0.4 is 16.0 Å². The van der Waals surface area contributed by atoms with Crippen LogP contribution in [0.15, 0.2) is 23.2 Å². The molecule has 26 heavy (non-hydrogen) atoms. The molecular formula is C18H30ClIN4O2. The molecule has 0 spiro atoms. The lowest BCUT2D eigenvalue weighted by Crippen LogP contribution is -2.38. The third kappa shape index (κ3) is 10.8. The Balaban J connectivity index is 0.00000625. The van der Waals surface area contributed by atoms with E-state index < -0.39 is 0 Å². The van der Waals surface area contributed by atoms with E-state index in [4.69, 9.17) is 16.3 Å². The van der Waals surface area contributed by atoms with Gasteiger partial charge < -0.3 is 20.7 Å². The van der Waals surface area contributed by atoms with Gasteiger partial charge in [-0.3, -0.25) is 9.79 Å². The van der Waals surface area contributed by atoms with E-state index in [2.05, 4.69) is 20.9 Å². The number of hydrogen-bond donors (Lipinski definition) is 3. The van der Waals surface area contributed by atoms with Crippen LogP contribution in [0.5, 0.6) is 0 Å². The normalized spacial score (nSPS) is 10.8. The molecule has 148 valence electrons. The van der Waals surface area contributed by atoms with Gasteiger partial charge in [-0.1, -0.05) is 17.7 Å². The monoisotopic (exact) mass is 496 g/mol. The van der Waals surface area contributed by atoms with Crippen molar-refractivity contribution in [3.05, 3.63) is 28.8 Å². The summed E-state index contributed by atoms with van der Waals surface area (Å²) in [5.74, 6) is 0.616. The first kappa shape index (κ1) is 24.9. The molecule has 0 saturated heterocycles. The second-order valence-electron chi connectivity index (χ2n) is 5.52. The molecule has 0 unspecified atom stereocenters. The van der Waals surface area contributed by atoms with E-state index in [9.17, 15) is 4.79 Å². The zero-order valence-electron chi connectivity index (χ0n) is 15.7. The molecule has 8 heteroatoms. The molecule has 0 aliphatic rings. The van der Waals surface area contributed by atoms with Crippen molar-refractivity contribution in [2.24, 2.45) is 4.99 Å².